The van der Waals surface area contributed by atoms with E-state index in [1.54, 1.807) is 23.1 Å². The van der Waals surface area contributed by atoms with E-state index < -0.39 is 0 Å². The average Bonchev–Trinajstić information content (AvgIpc) is 2.95. The molecule has 0 saturated heterocycles. The third kappa shape index (κ3) is 2.74. The van der Waals surface area contributed by atoms with Gasteiger partial charge in [0.15, 0.2) is 4.34 Å². The SMILES string of the molecule is Cn1nccc1CCSc1nc2ccc(N)cc2s1. The molecular formula is C13H14N4S2. The van der Waals surface area contributed by atoms with Crippen molar-refractivity contribution in [2.75, 3.05) is 11.5 Å². The second-order valence-corrected chi connectivity index (χ2v) is 6.62. The van der Waals surface area contributed by atoms with Gasteiger partial charge in [-0.15, -0.1) is 11.3 Å². The van der Waals surface area contributed by atoms with Gasteiger partial charge >= 0.3 is 0 Å². The molecule has 2 N–H and O–H groups in total. The van der Waals surface area contributed by atoms with Gasteiger partial charge in [-0.2, -0.15) is 5.10 Å². The molecule has 2 aromatic heterocycles. The summed E-state index contributed by atoms with van der Waals surface area (Å²) in [7, 11) is 1.97. The highest BCUT2D eigenvalue weighted by Gasteiger charge is 2.05. The Morgan fingerprint density at radius 2 is 2.26 bits per heavy atom. The highest BCUT2D eigenvalue weighted by molar-refractivity contribution is 8.01. The van der Waals surface area contributed by atoms with E-state index in [-0.39, 0.29) is 0 Å². The molecule has 98 valence electrons. The lowest BCUT2D eigenvalue weighted by atomic mass is 10.3. The molecule has 6 heteroatoms. The second kappa shape index (κ2) is 5.22. The van der Waals surface area contributed by atoms with Crippen molar-refractivity contribution in [3.8, 4) is 0 Å². The molecule has 1 aromatic carbocycles. The Morgan fingerprint density at radius 1 is 1.37 bits per heavy atom. The van der Waals surface area contributed by atoms with Gasteiger partial charge in [0.2, 0.25) is 0 Å². The Hall–Kier alpha value is -1.53. The van der Waals surface area contributed by atoms with Crippen LogP contribution >= 0.6 is 23.1 Å². The Balaban J connectivity index is 1.67. The first kappa shape index (κ1) is 12.5. The topological polar surface area (TPSA) is 56.7 Å². The predicted octanol–water partition coefficient (Wildman–Crippen LogP) is 2.95. The summed E-state index contributed by atoms with van der Waals surface area (Å²) >= 11 is 3.49. The fourth-order valence-electron chi connectivity index (χ4n) is 1.87. The second-order valence-electron chi connectivity index (χ2n) is 4.25. The van der Waals surface area contributed by atoms with Crippen LogP contribution in [0.4, 0.5) is 5.69 Å². The molecule has 0 unspecified atom stereocenters. The number of fused-ring (bicyclic) bond motifs is 1. The molecule has 0 fully saturated rings. The van der Waals surface area contributed by atoms with Crippen LogP contribution in [0, 0.1) is 0 Å². The number of rotatable bonds is 4. The van der Waals surface area contributed by atoms with Crippen molar-refractivity contribution < 1.29 is 0 Å². The molecule has 0 aliphatic rings. The van der Waals surface area contributed by atoms with Crippen molar-refractivity contribution in [3.05, 3.63) is 36.2 Å². The van der Waals surface area contributed by atoms with Crippen molar-refractivity contribution in [1.29, 1.82) is 0 Å². The van der Waals surface area contributed by atoms with Gasteiger partial charge in [-0.25, -0.2) is 4.98 Å². The molecule has 0 aliphatic heterocycles. The molecule has 19 heavy (non-hydrogen) atoms. The lowest BCUT2D eigenvalue weighted by Crippen LogP contribution is -1.99. The van der Waals surface area contributed by atoms with Crippen molar-refractivity contribution in [3.63, 3.8) is 0 Å². The van der Waals surface area contributed by atoms with Gasteiger partial charge in [-0.3, -0.25) is 4.68 Å². The number of aryl methyl sites for hydroxylation is 2. The monoisotopic (exact) mass is 290 g/mol. The van der Waals surface area contributed by atoms with Crippen LogP contribution in [0.5, 0.6) is 0 Å². The molecule has 3 rings (SSSR count). The zero-order valence-corrected chi connectivity index (χ0v) is 12.2. The molecule has 0 bridgehead atoms. The Labute approximate surface area is 119 Å². The Kier molecular flexibility index (Phi) is 3.44. The molecule has 0 spiro atoms. The van der Waals surface area contributed by atoms with Gasteiger partial charge in [-0.1, -0.05) is 11.8 Å². The van der Waals surface area contributed by atoms with E-state index in [1.807, 2.05) is 36.1 Å². The van der Waals surface area contributed by atoms with Gasteiger partial charge in [0.05, 0.1) is 10.2 Å². The minimum absolute atomic E-state index is 0.794. The van der Waals surface area contributed by atoms with E-state index in [2.05, 4.69) is 16.1 Å². The molecule has 0 radical (unpaired) electrons. The number of benzene rings is 1. The van der Waals surface area contributed by atoms with E-state index in [4.69, 9.17) is 5.73 Å². The van der Waals surface area contributed by atoms with E-state index in [9.17, 15) is 0 Å². The largest absolute Gasteiger partial charge is 0.399 e. The molecule has 3 aromatic rings. The normalized spacial score (nSPS) is 11.2. The van der Waals surface area contributed by atoms with Gasteiger partial charge in [0.1, 0.15) is 0 Å². The summed E-state index contributed by atoms with van der Waals surface area (Å²) in [6.07, 6.45) is 2.83. The van der Waals surface area contributed by atoms with Crippen molar-refractivity contribution >= 4 is 39.0 Å². The van der Waals surface area contributed by atoms with Crippen LogP contribution in [-0.4, -0.2) is 20.5 Å². The summed E-state index contributed by atoms with van der Waals surface area (Å²) in [6.45, 7) is 0. The number of nitrogens with zero attached hydrogens (tertiary/aromatic N) is 3. The molecular weight excluding hydrogens is 276 g/mol. The van der Waals surface area contributed by atoms with Crippen molar-refractivity contribution in [1.82, 2.24) is 14.8 Å². The Morgan fingerprint density at radius 3 is 3.05 bits per heavy atom. The third-order valence-electron chi connectivity index (χ3n) is 2.90. The molecule has 0 saturated carbocycles. The van der Waals surface area contributed by atoms with Crippen molar-refractivity contribution in [2.45, 2.75) is 10.8 Å². The fraction of sp³-hybridized carbons (Fsp3) is 0.231. The molecule has 2 heterocycles. The molecule has 0 atom stereocenters. The van der Waals surface area contributed by atoms with Crippen molar-refractivity contribution in [2.24, 2.45) is 7.05 Å². The number of nitrogen functional groups attached to an aromatic ring is 1. The number of thioether (sulfide) groups is 1. The smallest absolute Gasteiger partial charge is 0.151 e. The molecule has 4 nitrogen and oxygen atoms in total. The van der Waals surface area contributed by atoms with Crippen LogP contribution in [0.3, 0.4) is 0 Å². The summed E-state index contributed by atoms with van der Waals surface area (Å²) in [5.41, 5.74) is 8.85. The molecule has 0 amide bonds. The summed E-state index contributed by atoms with van der Waals surface area (Å²) in [4.78, 5) is 4.60. The average molecular weight is 290 g/mol. The Bertz CT molecular complexity index is 702. The number of hydrogen-bond donors (Lipinski definition) is 1. The minimum Gasteiger partial charge on any atom is -0.399 e. The third-order valence-corrected chi connectivity index (χ3v) is 5.06. The van der Waals surface area contributed by atoms with Gasteiger partial charge in [-0.05, 0) is 30.7 Å². The van der Waals surface area contributed by atoms with E-state index in [0.717, 1.165) is 32.4 Å². The van der Waals surface area contributed by atoms with Crippen LogP contribution in [0.25, 0.3) is 10.2 Å². The van der Waals surface area contributed by atoms with Crippen LogP contribution in [0.2, 0.25) is 0 Å². The maximum Gasteiger partial charge on any atom is 0.151 e. The standard InChI is InChI=1S/C13H14N4S2/c1-17-10(4-6-15-17)5-7-18-13-16-11-3-2-9(14)8-12(11)19-13/h2-4,6,8H,5,7,14H2,1H3. The number of aromatic nitrogens is 3. The van der Waals surface area contributed by atoms with Crippen LogP contribution in [0.1, 0.15) is 5.69 Å². The fourth-order valence-corrected chi connectivity index (χ4v) is 4.02. The summed E-state index contributed by atoms with van der Waals surface area (Å²) in [5.74, 6) is 1.01. The van der Waals surface area contributed by atoms with Gasteiger partial charge in [0, 0.05) is 30.4 Å². The summed E-state index contributed by atoms with van der Waals surface area (Å²) in [6, 6.07) is 7.91. The quantitative estimate of drug-likeness (QED) is 0.593. The summed E-state index contributed by atoms with van der Waals surface area (Å²) < 4.78 is 4.17. The van der Waals surface area contributed by atoms with Crippen LogP contribution in [-0.2, 0) is 13.5 Å². The number of anilines is 1. The zero-order valence-electron chi connectivity index (χ0n) is 10.5. The lowest BCUT2D eigenvalue weighted by molar-refractivity contribution is 0.720. The van der Waals surface area contributed by atoms with Gasteiger partial charge in [0.25, 0.3) is 0 Å². The van der Waals surface area contributed by atoms with Gasteiger partial charge < -0.3 is 5.73 Å². The van der Waals surface area contributed by atoms with Crippen LogP contribution in [0.15, 0.2) is 34.8 Å². The lowest BCUT2D eigenvalue weighted by Gasteiger charge is -1.99. The number of thiazole rings is 1. The number of nitrogens with two attached hydrogens (primary N) is 1. The highest BCUT2D eigenvalue weighted by atomic mass is 32.2. The maximum absolute atomic E-state index is 5.78. The summed E-state index contributed by atoms with van der Waals surface area (Å²) in [5, 5.41) is 4.17. The van der Waals surface area contributed by atoms with Crippen LogP contribution < -0.4 is 5.73 Å². The van der Waals surface area contributed by atoms with E-state index >= 15 is 0 Å². The predicted molar refractivity (Wildman–Crippen MR) is 81.7 cm³/mol. The first-order valence-corrected chi connectivity index (χ1v) is 7.78. The maximum atomic E-state index is 5.78. The first-order valence-electron chi connectivity index (χ1n) is 5.98. The van der Waals surface area contributed by atoms with E-state index in [0.29, 0.717) is 0 Å². The highest BCUT2D eigenvalue weighted by Crippen LogP contribution is 2.30. The first-order chi connectivity index (χ1) is 9.22. The molecule has 0 aliphatic carbocycles. The minimum atomic E-state index is 0.794. The van der Waals surface area contributed by atoms with E-state index in [1.165, 1.54) is 5.69 Å². The number of hydrogen-bond acceptors (Lipinski definition) is 5. The zero-order chi connectivity index (χ0) is 13.2.